The van der Waals surface area contributed by atoms with Crippen molar-refractivity contribution < 1.29 is 43.0 Å². The minimum atomic E-state index is -1.33. The van der Waals surface area contributed by atoms with E-state index in [1.54, 1.807) is 49.5 Å². The molecule has 416 valence electrons. The van der Waals surface area contributed by atoms with Crippen molar-refractivity contribution in [2.45, 2.75) is 114 Å². The number of ether oxygens (including phenoxy) is 2. The number of H-pyrrole nitrogens is 1. The Morgan fingerprint density at radius 3 is 2.03 bits per heavy atom. The zero-order valence-corrected chi connectivity index (χ0v) is 44.5. The Labute approximate surface area is 460 Å². The summed E-state index contributed by atoms with van der Waals surface area (Å²) in [7, 11) is 0. The number of nitrogens with two attached hydrogens (primary N) is 2. The molecule has 2 fully saturated rings. The maximum Gasteiger partial charge on any atom is 0.407 e. The number of nitrogens with one attached hydrogen (secondary N) is 7. The molecule has 2 aliphatic heterocycles. The van der Waals surface area contributed by atoms with Crippen LogP contribution in [0, 0.1) is 5.41 Å². The molecule has 8 rings (SSSR count). The fraction of sp³-hybridized carbons (Fsp3) is 0.383. The van der Waals surface area contributed by atoms with Gasteiger partial charge in [-0.1, -0.05) is 122 Å². The largest absolute Gasteiger partial charge is 0.489 e. The molecule has 0 bridgehead atoms. The molecule has 3 heterocycles. The Balaban J connectivity index is 1.18. The SMILES string of the molecule is CC1([C@@H]2NC(=O)[C@@H]3C[C@@H](OC(=O)NCCN)CN3C(=O)[C@H](Cc3ccccc3)NC(=O)[C@H](CCc3ccc(OCc4ccccc4)cc3)NC(=O)[C@H](CCCCN)NC(=O)[C@@H](Cc3c[nH]c4ccccc34)NC2=O)C=CC=CC1. The van der Waals surface area contributed by atoms with E-state index in [2.05, 4.69) is 36.9 Å². The summed E-state index contributed by atoms with van der Waals surface area (Å²) in [5.41, 5.74) is 14.5. The standard InChI is InChI=1S/C60H72N10O9/c1-60(28-12-4-13-29-60)52-57(75)67-49(34-42-36-64-46-20-10-9-19-45(42)46)55(73)65-47(21-11-14-30-61)53(71)66-48(27-24-39-22-25-43(26-23-39)78-38-41-17-7-3-8-18-41)54(72)68-50(33-40-15-5-2-6-16-40)58(76)70-37-44(35-51(70)56(74)69-52)79-59(77)63-32-31-62/h2-10,12-13,15-20,22-23,25-26,28,36,44,47-52,64H,11,14,21,24,27,29-35,37-38,61-62H2,1H3,(H,63,77)(H,65,73)(H,66,71)(H,67,75)(H,68,72)(H,69,74)/t44-,47+,48+,49-,50+,51+,52-,60?/m1/s1. The Kier molecular flexibility index (Phi) is 19.7. The van der Waals surface area contributed by atoms with Crippen molar-refractivity contribution >= 4 is 52.4 Å². The Morgan fingerprint density at radius 1 is 0.671 bits per heavy atom. The average molecular weight is 1080 g/mol. The van der Waals surface area contributed by atoms with E-state index in [0.29, 0.717) is 55.7 Å². The maximum atomic E-state index is 15.4. The molecule has 3 aliphatic rings. The van der Waals surface area contributed by atoms with E-state index < -0.39 is 89.3 Å². The van der Waals surface area contributed by atoms with Gasteiger partial charge in [0.2, 0.25) is 35.4 Å². The number of benzene rings is 4. The van der Waals surface area contributed by atoms with E-state index in [-0.39, 0.29) is 51.7 Å². The van der Waals surface area contributed by atoms with E-state index in [9.17, 15) is 14.4 Å². The lowest BCUT2D eigenvalue weighted by atomic mass is 9.76. The molecule has 79 heavy (non-hydrogen) atoms. The summed E-state index contributed by atoms with van der Waals surface area (Å²) >= 11 is 0. The van der Waals surface area contributed by atoms with Crippen molar-refractivity contribution in [1.82, 2.24) is 41.8 Å². The number of amides is 7. The van der Waals surface area contributed by atoms with E-state index in [0.717, 1.165) is 22.0 Å². The van der Waals surface area contributed by atoms with Crippen LogP contribution in [0.1, 0.15) is 67.7 Å². The minimum absolute atomic E-state index is 0.0219. The summed E-state index contributed by atoms with van der Waals surface area (Å²) in [5.74, 6) is -3.49. The van der Waals surface area contributed by atoms with Gasteiger partial charge in [0.1, 0.15) is 54.7 Å². The van der Waals surface area contributed by atoms with Crippen LogP contribution in [-0.4, -0.2) is 120 Å². The highest BCUT2D eigenvalue weighted by atomic mass is 16.6. The summed E-state index contributed by atoms with van der Waals surface area (Å²) in [6.45, 7) is 2.50. The number of allylic oxidation sites excluding steroid dienone is 3. The first-order valence-electron chi connectivity index (χ1n) is 27.2. The molecular weight excluding hydrogens is 1000 g/mol. The highest BCUT2D eigenvalue weighted by Crippen LogP contribution is 2.33. The van der Waals surface area contributed by atoms with Crippen molar-refractivity contribution in [1.29, 1.82) is 0 Å². The summed E-state index contributed by atoms with van der Waals surface area (Å²) in [4.78, 5) is 108. The molecule has 1 aromatic heterocycles. The Hall–Kier alpha value is -8.29. The number of alkyl carbamates (subject to hydrolysis) is 1. The van der Waals surface area contributed by atoms with Crippen molar-refractivity contribution in [2.24, 2.45) is 16.9 Å². The summed E-state index contributed by atoms with van der Waals surface area (Å²) in [6, 6.07) is 26.0. The fourth-order valence-corrected chi connectivity index (χ4v) is 10.4. The zero-order valence-electron chi connectivity index (χ0n) is 44.5. The van der Waals surface area contributed by atoms with Gasteiger partial charge in [-0.05, 0) is 85.5 Å². The average Bonchev–Trinajstić information content (AvgIpc) is 4.15. The molecule has 1 unspecified atom stereocenters. The molecule has 19 nitrogen and oxygen atoms in total. The predicted molar refractivity (Wildman–Crippen MR) is 299 cm³/mol. The summed E-state index contributed by atoms with van der Waals surface area (Å²) < 4.78 is 11.8. The van der Waals surface area contributed by atoms with Crippen molar-refractivity contribution in [3.8, 4) is 5.75 Å². The number of aromatic amines is 1. The number of hydrogen-bond donors (Lipinski definition) is 9. The van der Waals surface area contributed by atoms with Crippen LogP contribution < -0.4 is 48.1 Å². The van der Waals surface area contributed by atoms with Crippen molar-refractivity contribution in [3.05, 3.63) is 162 Å². The molecule has 7 amide bonds. The van der Waals surface area contributed by atoms with Crippen LogP contribution in [0.3, 0.4) is 0 Å². The van der Waals surface area contributed by atoms with Gasteiger partial charge in [0.05, 0.1) is 6.54 Å². The predicted octanol–water partition coefficient (Wildman–Crippen LogP) is 3.91. The van der Waals surface area contributed by atoms with E-state index in [1.807, 2.05) is 97.1 Å². The number of hydrogen-bond acceptors (Lipinski definition) is 11. The van der Waals surface area contributed by atoms with Gasteiger partial charge in [0, 0.05) is 54.9 Å². The third-order valence-corrected chi connectivity index (χ3v) is 14.8. The van der Waals surface area contributed by atoms with Gasteiger partial charge >= 0.3 is 6.09 Å². The number of para-hydroxylation sites is 1. The summed E-state index contributed by atoms with van der Waals surface area (Å²) in [5, 5.41) is 18.2. The van der Waals surface area contributed by atoms with Crippen LogP contribution in [0.25, 0.3) is 10.9 Å². The molecule has 0 radical (unpaired) electrons. The number of carbonyl (C=O) groups is 7. The first-order chi connectivity index (χ1) is 38.3. The summed E-state index contributed by atoms with van der Waals surface area (Å²) in [6.07, 6.45) is 8.77. The molecule has 5 aromatic rings. The highest BCUT2D eigenvalue weighted by Gasteiger charge is 2.47. The van der Waals surface area contributed by atoms with Crippen LogP contribution in [0.15, 0.2) is 140 Å². The number of fused-ring (bicyclic) bond motifs is 2. The van der Waals surface area contributed by atoms with Crippen LogP contribution in [0.2, 0.25) is 0 Å². The van der Waals surface area contributed by atoms with E-state index in [1.165, 1.54) is 4.90 Å². The number of unbranched alkanes of at least 4 members (excludes halogenated alkanes) is 1. The molecule has 8 atom stereocenters. The lowest BCUT2D eigenvalue weighted by Crippen LogP contribution is -2.63. The topological polar surface area (TPSA) is 281 Å². The first-order valence-corrected chi connectivity index (χ1v) is 27.2. The van der Waals surface area contributed by atoms with Gasteiger partial charge in [0.15, 0.2) is 0 Å². The van der Waals surface area contributed by atoms with Gasteiger partial charge in [0.25, 0.3) is 0 Å². The molecular formula is C60H72N10O9. The molecule has 2 saturated heterocycles. The fourth-order valence-electron chi connectivity index (χ4n) is 10.4. The molecule has 1 aliphatic carbocycles. The Bertz CT molecular complexity index is 2970. The second-order valence-electron chi connectivity index (χ2n) is 20.7. The molecule has 0 spiro atoms. The molecule has 4 aromatic carbocycles. The number of aromatic nitrogens is 1. The first kappa shape index (κ1) is 56.9. The second kappa shape index (κ2) is 27.3. The highest BCUT2D eigenvalue weighted by molar-refractivity contribution is 5.99. The van der Waals surface area contributed by atoms with Crippen molar-refractivity contribution in [2.75, 3.05) is 26.2 Å². The number of carbonyl (C=O) groups excluding carboxylic acids is 7. The third kappa shape index (κ3) is 15.3. The molecule has 0 saturated carbocycles. The van der Waals surface area contributed by atoms with Crippen molar-refractivity contribution in [3.63, 3.8) is 0 Å². The molecule has 11 N–H and O–H groups in total. The van der Waals surface area contributed by atoms with Crippen LogP contribution in [0.5, 0.6) is 5.75 Å². The maximum absolute atomic E-state index is 15.4. The minimum Gasteiger partial charge on any atom is -0.489 e. The van der Waals surface area contributed by atoms with Gasteiger partial charge < -0.3 is 62.7 Å². The third-order valence-electron chi connectivity index (χ3n) is 14.8. The van der Waals surface area contributed by atoms with Gasteiger partial charge in [-0.3, -0.25) is 28.8 Å². The van der Waals surface area contributed by atoms with Crippen LogP contribution in [-0.2, 0) is 59.4 Å². The Morgan fingerprint density at radius 2 is 1.33 bits per heavy atom. The van der Waals surface area contributed by atoms with Crippen LogP contribution >= 0.6 is 0 Å². The smallest absolute Gasteiger partial charge is 0.407 e. The quantitative estimate of drug-likeness (QED) is 0.0568. The van der Waals surface area contributed by atoms with Crippen LogP contribution in [0.4, 0.5) is 4.79 Å². The van der Waals surface area contributed by atoms with Gasteiger partial charge in [-0.2, -0.15) is 0 Å². The van der Waals surface area contributed by atoms with E-state index in [4.69, 9.17) is 20.9 Å². The molecule has 19 heteroatoms. The number of nitrogens with zero attached hydrogens (tertiary/aromatic N) is 1. The lowest BCUT2D eigenvalue weighted by molar-refractivity contribution is -0.143. The zero-order chi connectivity index (χ0) is 55.7. The monoisotopic (exact) mass is 1080 g/mol. The van der Waals surface area contributed by atoms with E-state index >= 15 is 19.2 Å². The van der Waals surface area contributed by atoms with Gasteiger partial charge in [-0.15, -0.1) is 0 Å². The normalized spacial score (nSPS) is 24.0. The second-order valence-corrected chi connectivity index (χ2v) is 20.7. The number of aryl methyl sites for hydroxylation is 1. The van der Waals surface area contributed by atoms with Gasteiger partial charge in [-0.25, -0.2) is 4.79 Å². The number of rotatable bonds is 18. The lowest BCUT2D eigenvalue weighted by Gasteiger charge is -2.37.